The second-order valence-corrected chi connectivity index (χ2v) is 6.48. The van der Waals surface area contributed by atoms with Crippen LogP contribution >= 0.6 is 0 Å². The minimum Gasteiger partial charge on any atom is -0.497 e. The van der Waals surface area contributed by atoms with E-state index in [-0.39, 0.29) is 0 Å². The van der Waals surface area contributed by atoms with Gasteiger partial charge in [0.25, 0.3) is 0 Å². The van der Waals surface area contributed by atoms with E-state index in [4.69, 9.17) is 9.47 Å². The molecule has 1 atom stereocenters. The fraction of sp³-hybridized carbons (Fsp3) is 0.400. The molecule has 1 saturated heterocycles. The number of rotatable bonds is 7. The van der Waals surface area contributed by atoms with E-state index in [0.717, 1.165) is 25.3 Å². The van der Waals surface area contributed by atoms with Gasteiger partial charge >= 0.3 is 5.97 Å². The predicted molar refractivity (Wildman–Crippen MR) is 101 cm³/mol. The lowest BCUT2D eigenvalue weighted by Crippen LogP contribution is -2.49. The van der Waals surface area contributed by atoms with Crippen LogP contribution in [0.25, 0.3) is 0 Å². The van der Waals surface area contributed by atoms with Gasteiger partial charge in [0.1, 0.15) is 17.5 Å². The summed E-state index contributed by atoms with van der Waals surface area (Å²) in [5.41, 5.74) is 1.67. The van der Waals surface area contributed by atoms with E-state index < -0.39 is 12.0 Å². The number of benzene rings is 1. The van der Waals surface area contributed by atoms with Crippen molar-refractivity contribution in [2.24, 2.45) is 0 Å². The Morgan fingerprint density at radius 3 is 2.52 bits per heavy atom. The second kappa shape index (κ2) is 8.83. The number of hydrogen-bond acceptors (Lipinski definition) is 6. The van der Waals surface area contributed by atoms with Gasteiger partial charge in [-0.25, -0.2) is 0 Å². The molecule has 0 aliphatic carbocycles. The highest BCUT2D eigenvalue weighted by Crippen LogP contribution is 2.33. The number of aliphatic carboxylic acids is 1. The van der Waals surface area contributed by atoms with E-state index in [9.17, 15) is 9.90 Å². The summed E-state index contributed by atoms with van der Waals surface area (Å²) in [4.78, 5) is 20.7. The first-order valence-electron chi connectivity index (χ1n) is 8.93. The molecule has 2 aromatic rings. The van der Waals surface area contributed by atoms with Crippen LogP contribution < -0.4 is 9.47 Å². The molecule has 0 bridgehead atoms. The molecule has 1 aromatic heterocycles. The third kappa shape index (κ3) is 4.56. The molecule has 1 N–H and O–H groups in total. The lowest BCUT2D eigenvalue weighted by Gasteiger charge is -2.38. The predicted octanol–water partition coefficient (Wildman–Crippen LogP) is 2.04. The van der Waals surface area contributed by atoms with Gasteiger partial charge in [-0.05, 0) is 24.3 Å². The van der Waals surface area contributed by atoms with Crippen LogP contribution in [0.4, 0.5) is 0 Å². The Morgan fingerprint density at radius 1 is 1.15 bits per heavy atom. The van der Waals surface area contributed by atoms with Crippen LogP contribution in [0.5, 0.6) is 11.5 Å². The fourth-order valence-corrected chi connectivity index (χ4v) is 3.43. The van der Waals surface area contributed by atoms with E-state index in [1.54, 1.807) is 38.6 Å². The molecule has 1 aliphatic heterocycles. The third-order valence-electron chi connectivity index (χ3n) is 4.85. The summed E-state index contributed by atoms with van der Waals surface area (Å²) in [5, 5.41) is 9.87. The Bertz CT molecular complexity index is 761. The van der Waals surface area contributed by atoms with E-state index >= 15 is 0 Å². The van der Waals surface area contributed by atoms with Gasteiger partial charge in [0.15, 0.2) is 0 Å². The monoisotopic (exact) mass is 371 g/mol. The first-order valence-corrected chi connectivity index (χ1v) is 8.93. The second-order valence-electron chi connectivity index (χ2n) is 6.48. The molecular weight excluding hydrogens is 346 g/mol. The van der Waals surface area contributed by atoms with Crippen LogP contribution in [0.1, 0.15) is 17.3 Å². The molecule has 2 heterocycles. The molecular formula is C20H25N3O4. The number of aromatic nitrogens is 1. The van der Waals surface area contributed by atoms with Gasteiger partial charge in [-0.15, -0.1) is 0 Å². The molecule has 0 saturated carbocycles. The van der Waals surface area contributed by atoms with Crippen LogP contribution in [0.2, 0.25) is 0 Å². The number of pyridine rings is 1. The van der Waals surface area contributed by atoms with Crippen LogP contribution in [0.15, 0.2) is 42.6 Å². The van der Waals surface area contributed by atoms with Crippen molar-refractivity contribution in [3.05, 3.63) is 53.9 Å². The van der Waals surface area contributed by atoms with Crippen LogP contribution in [0.3, 0.4) is 0 Å². The number of hydrogen-bond donors (Lipinski definition) is 1. The normalized spacial score (nSPS) is 16.7. The highest BCUT2D eigenvalue weighted by atomic mass is 16.5. The first kappa shape index (κ1) is 19.1. The summed E-state index contributed by atoms with van der Waals surface area (Å²) < 4.78 is 10.6. The standard InChI is InChI=1S/C20H25N3O4/c1-26-16-6-7-17(18(13-16)27-2)19(20(24)25)23-11-9-22(10-12-23)14-15-5-3-4-8-21-15/h3-8,13,19H,9-12,14H2,1-2H3,(H,24,25)/t19-/m0/s1. The topological polar surface area (TPSA) is 75.1 Å². The van der Waals surface area contributed by atoms with Crippen molar-refractivity contribution in [2.75, 3.05) is 40.4 Å². The minimum atomic E-state index is -0.878. The minimum absolute atomic E-state index is 0.526. The third-order valence-corrected chi connectivity index (χ3v) is 4.85. The van der Waals surface area contributed by atoms with Crippen molar-refractivity contribution < 1.29 is 19.4 Å². The van der Waals surface area contributed by atoms with Gasteiger partial charge in [0, 0.05) is 50.6 Å². The van der Waals surface area contributed by atoms with Gasteiger partial charge in [-0.3, -0.25) is 19.6 Å². The summed E-state index contributed by atoms with van der Waals surface area (Å²) in [6, 6.07) is 10.4. The zero-order chi connectivity index (χ0) is 19.2. The van der Waals surface area contributed by atoms with Crippen LogP contribution in [-0.4, -0.2) is 66.3 Å². The molecule has 0 amide bonds. The molecule has 3 rings (SSSR count). The molecule has 7 nitrogen and oxygen atoms in total. The maximum atomic E-state index is 12.0. The Morgan fingerprint density at radius 2 is 1.93 bits per heavy atom. The van der Waals surface area contributed by atoms with Crippen molar-refractivity contribution >= 4 is 5.97 Å². The molecule has 27 heavy (non-hydrogen) atoms. The SMILES string of the molecule is COc1ccc([C@@H](C(=O)O)N2CCN(Cc3ccccn3)CC2)c(OC)c1. The largest absolute Gasteiger partial charge is 0.497 e. The van der Waals surface area contributed by atoms with Gasteiger partial charge in [-0.1, -0.05) is 6.07 Å². The number of ether oxygens (including phenoxy) is 2. The zero-order valence-electron chi connectivity index (χ0n) is 15.7. The Balaban J connectivity index is 1.71. The van der Waals surface area contributed by atoms with E-state index in [2.05, 4.69) is 9.88 Å². The van der Waals surface area contributed by atoms with Crippen molar-refractivity contribution in [1.82, 2.24) is 14.8 Å². The van der Waals surface area contributed by atoms with Crippen molar-refractivity contribution in [2.45, 2.75) is 12.6 Å². The smallest absolute Gasteiger partial charge is 0.325 e. The van der Waals surface area contributed by atoms with Crippen molar-refractivity contribution in [3.63, 3.8) is 0 Å². The summed E-state index contributed by atoms with van der Waals surface area (Å²) >= 11 is 0. The number of carboxylic acids is 1. The van der Waals surface area contributed by atoms with E-state index in [0.29, 0.717) is 30.2 Å². The molecule has 0 radical (unpaired) electrons. The number of carboxylic acid groups (broad SMARTS) is 1. The van der Waals surface area contributed by atoms with Crippen molar-refractivity contribution in [3.8, 4) is 11.5 Å². The van der Waals surface area contributed by atoms with E-state index in [1.807, 2.05) is 23.1 Å². The van der Waals surface area contributed by atoms with Crippen LogP contribution in [0, 0.1) is 0 Å². The maximum Gasteiger partial charge on any atom is 0.325 e. The summed E-state index contributed by atoms with van der Waals surface area (Å²) in [6.07, 6.45) is 1.79. The Kier molecular flexibility index (Phi) is 6.26. The number of carbonyl (C=O) groups is 1. The molecule has 7 heteroatoms. The Labute approximate surface area is 159 Å². The number of nitrogens with zero attached hydrogens (tertiary/aromatic N) is 3. The summed E-state index contributed by atoms with van der Waals surface area (Å²) in [7, 11) is 3.12. The number of methoxy groups -OCH3 is 2. The lowest BCUT2D eigenvalue weighted by atomic mass is 10.0. The van der Waals surface area contributed by atoms with Gasteiger partial charge < -0.3 is 14.6 Å². The van der Waals surface area contributed by atoms with Gasteiger partial charge in [0.2, 0.25) is 0 Å². The Hall–Kier alpha value is -2.64. The molecule has 1 fully saturated rings. The van der Waals surface area contributed by atoms with E-state index in [1.165, 1.54) is 0 Å². The summed E-state index contributed by atoms with van der Waals surface area (Å²) in [6.45, 7) is 3.69. The average molecular weight is 371 g/mol. The molecule has 0 unspecified atom stereocenters. The van der Waals surface area contributed by atoms with Gasteiger partial charge in [0.05, 0.1) is 19.9 Å². The molecule has 0 spiro atoms. The molecule has 1 aromatic carbocycles. The zero-order valence-corrected chi connectivity index (χ0v) is 15.7. The maximum absolute atomic E-state index is 12.0. The van der Waals surface area contributed by atoms with Gasteiger partial charge in [-0.2, -0.15) is 0 Å². The highest BCUT2D eigenvalue weighted by molar-refractivity contribution is 5.77. The lowest BCUT2D eigenvalue weighted by molar-refractivity contribution is -0.144. The number of piperazine rings is 1. The quantitative estimate of drug-likeness (QED) is 0.798. The molecule has 144 valence electrons. The first-order chi connectivity index (χ1) is 13.1. The van der Waals surface area contributed by atoms with Crippen molar-refractivity contribution in [1.29, 1.82) is 0 Å². The van der Waals surface area contributed by atoms with Crippen LogP contribution in [-0.2, 0) is 11.3 Å². The average Bonchev–Trinajstić information content (AvgIpc) is 2.70. The fourth-order valence-electron chi connectivity index (χ4n) is 3.43. The summed E-state index contributed by atoms with van der Waals surface area (Å²) in [5.74, 6) is 0.286. The highest BCUT2D eigenvalue weighted by Gasteiger charge is 2.32. The molecule has 1 aliphatic rings.